The summed E-state index contributed by atoms with van der Waals surface area (Å²) in [5.74, 6) is 3.18. The van der Waals surface area contributed by atoms with Gasteiger partial charge in [-0.05, 0) is 25.4 Å². The molecule has 4 rings (SSSR count). The van der Waals surface area contributed by atoms with Crippen molar-refractivity contribution < 1.29 is 4.52 Å². The Hall–Kier alpha value is -2.06. The van der Waals surface area contributed by atoms with Gasteiger partial charge in [0.15, 0.2) is 0 Å². The first-order valence-corrected chi connectivity index (χ1v) is 7.57. The molecule has 0 amide bonds. The number of hydrogen-bond donors (Lipinski definition) is 0. The summed E-state index contributed by atoms with van der Waals surface area (Å²) in [4.78, 5) is 7.73. The van der Waals surface area contributed by atoms with Gasteiger partial charge in [-0.25, -0.2) is 0 Å². The van der Waals surface area contributed by atoms with Crippen LogP contribution in [0.5, 0.6) is 0 Å². The lowest BCUT2D eigenvalue weighted by molar-refractivity contribution is 0.138. The normalized spacial score (nSPS) is 18.9. The maximum atomic E-state index is 5.48. The number of likely N-dealkylation sites (N-methyl/N-ethyl adjacent to an activating group) is 1. The van der Waals surface area contributed by atoms with Crippen LogP contribution in [0.4, 0.5) is 0 Å². The van der Waals surface area contributed by atoms with E-state index in [0.717, 1.165) is 29.6 Å². The number of fused-ring (bicyclic) bond motifs is 1. The molecule has 108 valence electrons. The molecule has 0 saturated carbocycles. The third kappa shape index (κ3) is 2.07. The molecule has 21 heavy (non-hydrogen) atoms. The molecular formula is C13H14N6OS. The van der Waals surface area contributed by atoms with E-state index in [1.54, 1.807) is 11.3 Å². The molecule has 1 aliphatic heterocycles. The van der Waals surface area contributed by atoms with Crippen LogP contribution in [0.15, 0.2) is 22.0 Å². The standard InChI is InChI=1S/C13H14N6OS/c1-8-15-16-11-7-18(2)9(6-19(8)11)13-14-12(17-20-13)10-4-3-5-21-10/h3-5,9H,6-7H2,1-2H3. The predicted molar refractivity (Wildman–Crippen MR) is 76.6 cm³/mol. The number of hydrogen-bond acceptors (Lipinski definition) is 7. The van der Waals surface area contributed by atoms with Crippen LogP contribution in [0, 0.1) is 6.92 Å². The summed E-state index contributed by atoms with van der Waals surface area (Å²) >= 11 is 1.61. The Morgan fingerprint density at radius 2 is 2.29 bits per heavy atom. The van der Waals surface area contributed by atoms with E-state index in [1.807, 2.05) is 31.5 Å². The van der Waals surface area contributed by atoms with Gasteiger partial charge in [-0.3, -0.25) is 4.90 Å². The van der Waals surface area contributed by atoms with Gasteiger partial charge in [0.2, 0.25) is 11.7 Å². The molecule has 3 aromatic rings. The molecule has 1 aliphatic rings. The summed E-state index contributed by atoms with van der Waals surface area (Å²) in [6, 6.07) is 4.02. The smallest absolute Gasteiger partial charge is 0.246 e. The van der Waals surface area contributed by atoms with Crippen molar-refractivity contribution in [2.75, 3.05) is 7.05 Å². The molecule has 0 aliphatic carbocycles. The largest absolute Gasteiger partial charge is 0.337 e. The molecule has 4 heterocycles. The van der Waals surface area contributed by atoms with Crippen molar-refractivity contribution in [3.63, 3.8) is 0 Å². The van der Waals surface area contributed by atoms with Crippen LogP contribution in [0.2, 0.25) is 0 Å². The van der Waals surface area contributed by atoms with Crippen molar-refractivity contribution in [1.82, 2.24) is 29.8 Å². The SMILES string of the molecule is Cc1nnc2n1CC(c1nc(-c3cccs3)no1)N(C)C2. The zero-order chi connectivity index (χ0) is 14.4. The molecule has 3 aromatic heterocycles. The Balaban J connectivity index is 1.66. The molecule has 0 radical (unpaired) electrons. The van der Waals surface area contributed by atoms with Crippen molar-refractivity contribution in [3.8, 4) is 10.7 Å². The van der Waals surface area contributed by atoms with Gasteiger partial charge in [0.25, 0.3) is 0 Å². The first-order valence-electron chi connectivity index (χ1n) is 6.69. The molecular weight excluding hydrogens is 288 g/mol. The van der Waals surface area contributed by atoms with Crippen LogP contribution in [0.25, 0.3) is 10.7 Å². The van der Waals surface area contributed by atoms with Gasteiger partial charge in [-0.1, -0.05) is 11.2 Å². The van der Waals surface area contributed by atoms with Crippen molar-refractivity contribution in [3.05, 3.63) is 35.1 Å². The number of rotatable bonds is 2. The second kappa shape index (κ2) is 4.74. The summed E-state index contributed by atoms with van der Waals surface area (Å²) in [6.45, 7) is 3.42. The minimum Gasteiger partial charge on any atom is -0.337 e. The minimum atomic E-state index is 0.0495. The Morgan fingerprint density at radius 1 is 1.38 bits per heavy atom. The Morgan fingerprint density at radius 3 is 3.10 bits per heavy atom. The van der Waals surface area contributed by atoms with Gasteiger partial charge in [-0.2, -0.15) is 4.98 Å². The fraction of sp³-hybridized carbons (Fsp3) is 0.385. The Bertz CT molecular complexity index is 762. The maximum absolute atomic E-state index is 5.48. The fourth-order valence-corrected chi connectivity index (χ4v) is 3.22. The number of nitrogens with zero attached hydrogens (tertiary/aromatic N) is 6. The second-order valence-electron chi connectivity index (χ2n) is 5.14. The lowest BCUT2D eigenvalue weighted by Gasteiger charge is -2.30. The fourth-order valence-electron chi connectivity index (χ4n) is 2.57. The van der Waals surface area contributed by atoms with Crippen LogP contribution in [0.3, 0.4) is 0 Å². The molecule has 0 spiro atoms. The Kier molecular flexibility index (Phi) is 2.86. The van der Waals surface area contributed by atoms with Gasteiger partial charge < -0.3 is 9.09 Å². The molecule has 7 nitrogen and oxygen atoms in total. The number of thiophene rings is 1. The van der Waals surface area contributed by atoms with E-state index in [0.29, 0.717) is 11.7 Å². The third-order valence-electron chi connectivity index (χ3n) is 3.76. The van der Waals surface area contributed by atoms with Crippen molar-refractivity contribution in [2.24, 2.45) is 0 Å². The Labute approximate surface area is 125 Å². The highest BCUT2D eigenvalue weighted by molar-refractivity contribution is 7.13. The summed E-state index contributed by atoms with van der Waals surface area (Å²) in [5.41, 5.74) is 0. The van der Waals surface area contributed by atoms with E-state index in [-0.39, 0.29) is 6.04 Å². The van der Waals surface area contributed by atoms with E-state index in [9.17, 15) is 0 Å². The highest BCUT2D eigenvalue weighted by Crippen LogP contribution is 2.29. The topological polar surface area (TPSA) is 72.9 Å². The van der Waals surface area contributed by atoms with E-state index >= 15 is 0 Å². The summed E-state index contributed by atoms with van der Waals surface area (Å²) < 4.78 is 7.59. The maximum Gasteiger partial charge on any atom is 0.246 e. The molecule has 0 saturated heterocycles. The molecule has 0 fully saturated rings. The van der Waals surface area contributed by atoms with Crippen molar-refractivity contribution in [2.45, 2.75) is 26.1 Å². The summed E-state index contributed by atoms with van der Waals surface area (Å²) in [6.07, 6.45) is 0. The first-order chi connectivity index (χ1) is 10.2. The van der Waals surface area contributed by atoms with Crippen LogP contribution >= 0.6 is 11.3 Å². The zero-order valence-electron chi connectivity index (χ0n) is 11.7. The molecule has 0 aromatic carbocycles. The lowest BCUT2D eigenvalue weighted by Crippen LogP contribution is -2.34. The van der Waals surface area contributed by atoms with Crippen LogP contribution in [-0.2, 0) is 13.1 Å². The quantitative estimate of drug-likeness (QED) is 0.719. The average molecular weight is 302 g/mol. The highest BCUT2D eigenvalue weighted by Gasteiger charge is 2.31. The van der Waals surface area contributed by atoms with Crippen molar-refractivity contribution >= 4 is 11.3 Å². The summed E-state index contributed by atoms with van der Waals surface area (Å²) in [7, 11) is 2.03. The predicted octanol–water partition coefficient (Wildman–Crippen LogP) is 1.88. The van der Waals surface area contributed by atoms with Gasteiger partial charge in [0.05, 0.1) is 18.0 Å². The second-order valence-corrected chi connectivity index (χ2v) is 6.09. The van der Waals surface area contributed by atoms with E-state index in [4.69, 9.17) is 4.52 Å². The van der Waals surface area contributed by atoms with Crippen LogP contribution < -0.4 is 0 Å². The lowest BCUT2D eigenvalue weighted by atomic mass is 10.2. The molecule has 1 atom stereocenters. The third-order valence-corrected chi connectivity index (χ3v) is 4.62. The van der Waals surface area contributed by atoms with Gasteiger partial charge in [0.1, 0.15) is 17.7 Å². The molecule has 8 heteroatoms. The van der Waals surface area contributed by atoms with Gasteiger partial charge >= 0.3 is 0 Å². The van der Waals surface area contributed by atoms with E-state index in [1.165, 1.54) is 0 Å². The minimum absolute atomic E-state index is 0.0495. The average Bonchev–Trinajstić information content (AvgIpc) is 3.18. The monoisotopic (exact) mass is 302 g/mol. The van der Waals surface area contributed by atoms with Gasteiger partial charge in [0, 0.05) is 0 Å². The molecule has 0 bridgehead atoms. The van der Waals surface area contributed by atoms with Crippen molar-refractivity contribution in [1.29, 1.82) is 0 Å². The van der Waals surface area contributed by atoms with Crippen LogP contribution in [0.1, 0.15) is 23.6 Å². The number of aromatic nitrogens is 5. The zero-order valence-corrected chi connectivity index (χ0v) is 12.5. The highest BCUT2D eigenvalue weighted by atomic mass is 32.1. The summed E-state index contributed by atoms with van der Waals surface area (Å²) in [5, 5.41) is 14.4. The van der Waals surface area contributed by atoms with Crippen LogP contribution in [-0.4, -0.2) is 36.9 Å². The molecule has 1 unspecified atom stereocenters. The first kappa shape index (κ1) is 12.7. The van der Waals surface area contributed by atoms with E-state index in [2.05, 4.69) is 29.8 Å². The van der Waals surface area contributed by atoms with E-state index < -0.39 is 0 Å². The number of aryl methyl sites for hydroxylation is 1. The molecule has 0 N–H and O–H groups in total. The van der Waals surface area contributed by atoms with Gasteiger partial charge in [-0.15, -0.1) is 21.5 Å².